The van der Waals surface area contributed by atoms with Crippen LogP contribution in [0.3, 0.4) is 0 Å². The molecule has 4 saturated carbocycles. The van der Waals surface area contributed by atoms with Crippen molar-refractivity contribution in [1.29, 1.82) is 0 Å². The molecule has 4 aliphatic rings. The number of methoxy groups -OCH3 is 1. The Kier molecular flexibility index (Phi) is 2.56. The van der Waals surface area contributed by atoms with Crippen LogP contribution in [0.2, 0.25) is 0 Å². The van der Waals surface area contributed by atoms with Gasteiger partial charge in [-0.05, 0) is 55.8 Å². The van der Waals surface area contributed by atoms with E-state index in [1.54, 1.807) is 7.11 Å². The first kappa shape index (κ1) is 11.0. The first-order valence-electron chi connectivity index (χ1n) is 6.76. The Morgan fingerprint density at radius 2 is 1.75 bits per heavy atom. The van der Waals surface area contributed by atoms with E-state index in [9.17, 15) is 0 Å². The van der Waals surface area contributed by atoms with Gasteiger partial charge in [-0.3, -0.25) is 0 Å². The maximum atomic E-state index is 6.22. The Balaban J connectivity index is 1.71. The fraction of sp³-hybridized carbons (Fsp3) is 1.00. The van der Waals surface area contributed by atoms with Crippen molar-refractivity contribution in [2.24, 2.45) is 17.3 Å². The molecule has 92 valence electrons. The van der Waals surface area contributed by atoms with E-state index in [-0.39, 0.29) is 5.60 Å². The van der Waals surface area contributed by atoms with Gasteiger partial charge in [-0.2, -0.15) is 0 Å². The minimum absolute atomic E-state index is 0.233. The normalized spacial score (nSPS) is 49.9. The van der Waals surface area contributed by atoms with Gasteiger partial charge in [-0.1, -0.05) is 6.92 Å². The molecular formula is C14H24O2. The largest absolute Gasteiger partial charge is 0.382 e. The molecule has 0 radical (unpaired) electrons. The minimum atomic E-state index is 0.233. The van der Waals surface area contributed by atoms with E-state index in [0.29, 0.717) is 5.41 Å². The topological polar surface area (TPSA) is 18.5 Å². The van der Waals surface area contributed by atoms with Crippen LogP contribution in [0, 0.1) is 17.3 Å². The van der Waals surface area contributed by atoms with Gasteiger partial charge in [-0.15, -0.1) is 0 Å². The second-order valence-corrected chi connectivity index (χ2v) is 6.80. The monoisotopic (exact) mass is 224 g/mol. The molecule has 4 aliphatic carbocycles. The summed E-state index contributed by atoms with van der Waals surface area (Å²) in [5.41, 5.74) is 0.828. The molecule has 0 aromatic rings. The standard InChI is InChI=1S/C14H24O2/c1-13-6-11-5-12(7-13)9-14(8-11,10-13)16-4-3-15-2/h11-12H,3-10H2,1-2H3. The van der Waals surface area contributed by atoms with Gasteiger partial charge in [0.15, 0.2) is 0 Å². The third-order valence-electron chi connectivity index (χ3n) is 5.00. The predicted octanol–water partition coefficient (Wildman–Crippen LogP) is 3.01. The minimum Gasteiger partial charge on any atom is -0.382 e. The Morgan fingerprint density at radius 1 is 1.06 bits per heavy atom. The van der Waals surface area contributed by atoms with Crippen LogP contribution >= 0.6 is 0 Å². The lowest BCUT2D eigenvalue weighted by atomic mass is 9.48. The summed E-state index contributed by atoms with van der Waals surface area (Å²) in [6, 6.07) is 0. The number of rotatable bonds is 4. The van der Waals surface area contributed by atoms with Crippen molar-refractivity contribution < 1.29 is 9.47 Å². The third kappa shape index (κ3) is 1.80. The van der Waals surface area contributed by atoms with E-state index in [4.69, 9.17) is 9.47 Å². The quantitative estimate of drug-likeness (QED) is 0.683. The summed E-state index contributed by atoms with van der Waals surface area (Å²) >= 11 is 0. The Labute approximate surface area is 98.7 Å². The zero-order chi connectivity index (χ0) is 11.2. The van der Waals surface area contributed by atoms with Crippen LogP contribution < -0.4 is 0 Å². The van der Waals surface area contributed by atoms with Crippen molar-refractivity contribution in [3.05, 3.63) is 0 Å². The van der Waals surface area contributed by atoms with E-state index in [2.05, 4.69) is 6.92 Å². The third-order valence-corrected chi connectivity index (χ3v) is 5.00. The van der Waals surface area contributed by atoms with Crippen LogP contribution in [0.4, 0.5) is 0 Å². The second kappa shape index (κ2) is 3.71. The molecule has 2 unspecified atom stereocenters. The molecule has 2 atom stereocenters. The molecule has 0 N–H and O–H groups in total. The van der Waals surface area contributed by atoms with Gasteiger partial charge in [0.05, 0.1) is 18.8 Å². The molecule has 0 amide bonds. The predicted molar refractivity (Wildman–Crippen MR) is 63.3 cm³/mol. The average Bonchev–Trinajstić information content (AvgIpc) is 2.13. The zero-order valence-corrected chi connectivity index (χ0v) is 10.6. The van der Waals surface area contributed by atoms with Crippen LogP contribution in [-0.2, 0) is 9.47 Å². The second-order valence-electron chi connectivity index (χ2n) is 6.80. The Bertz CT molecular complexity index is 260. The van der Waals surface area contributed by atoms with Crippen LogP contribution in [0.15, 0.2) is 0 Å². The van der Waals surface area contributed by atoms with Crippen molar-refractivity contribution >= 4 is 0 Å². The average molecular weight is 224 g/mol. The summed E-state index contributed by atoms with van der Waals surface area (Å²) in [6.45, 7) is 4.01. The van der Waals surface area contributed by atoms with Gasteiger partial charge < -0.3 is 9.47 Å². The lowest BCUT2D eigenvalue weighted by Gasteiger charge is -2.60. The summed E-state index contributed by atoms with van der Waals surface area (Å²) < 4.78 is 11.3. The molecule has 0 saturated heterocycles. The molecule has 4 fully saturated rings. The van der Waals surface area contributed by atoms with E-state index in [0.717, 1.165) is 25.0 Å². The number of hydrogen-bond donors (Lipinski definition) is 0. The van der Waals surface area contributed by atoms with Crippen molar-refractivity contribution in [3.63, 3.8) is 0 Å². The first-order valence-corrected chi connectivity index (χ1v) is 6.76. The molecule has 2 heteroatoms. The highest BCUT2D eigenvalue weighted by molar-refractivity contribution is 5.07. The van der Waals surface area contributed by atoms with Crippen molar-refractivity contribution in [2.75, 3.05) is 20.3 Å². The van der Waals surface area contributed by atoms with Gasteiger partial charge in [0.2, 0.25) is 0 Å². The molecule has 0 spiro atoms. The lowest BCUT2D eigenvalue weighted by Crippen LogP contribution is -2.56. The van der Waals surface area contributed by atoms with E-state index >= 15 is 0 Å². The Morgan fingerprint density at radius 3 is 2.31 bits per heavy atom. The molecule has 0 heterocycles. The smallest absolute Gasteiger partial charge is 0.0707 e. The van der Waals surface area contributed by atoms with Crippen LogP contribution in [0.25, 0.3) is 0 Å². The summed E-state index contributed by atoms with van der Waals surface area (Å²) in [7, 11) is 1.75. The van der Waals surface area contributed by atoms with E-state index < -0.39 is 0 Å². The van der Waals surface area contributed by atoms with Crippen molar-refractivity contribution in [1.82, 2.24) is 0 Å². The zero-order valence-electron chi connectivity index (χ0n) is 10.6. The summed E-state index contributed by atoms with van der Waals surface area (Å²) in [6.07, 6.45) is 8.34. The highest BCUT2D eigenvalue weighted by Gasteiger charge is 2.56. The van der Waals surface area contributed by atoms with Crippen LogP contribution in [0.5, 0.6) is 0 Å². The molecule has 0 aromatic carbocycles. The van der Waals surface area contributed by atoms with Gasteiger partial charge in [-0.25, -0.2) is 0 Å². The van der Waals surface area contributed by atoms with Gasteiger partial charge in [0.25, 0.3) is 0 Å². The number of hydrogen-bond acceptors (Lipinski definition) is 2. The fourth-order valence-corrected chi connectivity index (χ4v) is 5.14. The molecular weight excluding hydrogens is 200 g/mol. The summed E-state index contributed by atoms with van der Waals surface area (Å²) in [4.78, 5) is 0. The van der Waals surface area contributed by atoms with Gasteiger partial charge in [0.1, 0.15) is 0 Å². The van der Waals surface area contributed by atoms with Crippen molar-refractivity contribution in [2.45, 2.75) is 51.0 Å². The van der Waals surface area contributed by atoms with Crippen LogP contribution in [-0.4, -0.2) is 25.9 Å². The molecule has 16 heavy (non-hydrogen) atoms. The SMILES string of the molecule is COCCOC12CC3CC(CC(C)(C3)C1)C2. The molecule has 4 rings (SSSR count). The molecule has 0 aromatic heterocycles. The highest BCUT2D eigenvalue weighted by Crippen LogP contribution is 2.62. The maximum Gasteiger partial charge on any atom is 0.0707 e. The van der Waals surface area contributed by atoms with Crippen molar-refractivity contribution in [3.8, 4) is 0 Å². The lowest BCUT2D eigenvalue weighted by molar-refractivity contribution is -0.192. The fourth-order valence-electron chi connectivity index (χ4n) is 5.14. The summed E-state index contributed by atoms with van der Waals surface area (Å²) in [5.74, 6) is 1.91. The van der Waals surface area contributed by atoms with E-state index in [1.165, 1.54) is 38.5 Å². The Hall–Kier alpha value is -0.0800. The molecule has 0 aliphatic heterocycles. The van der Waals surface area contributed by atoms with Gasteiger partial charge >= 0.3 is 0 Å². The van der Waals surface area contributed by atoms with Crippen LogP contribution in [0.1, 0.15) is 45.4 Å². The maximum absolute atomic E-state index is 6.22. The highest BCUT2D eigenvalue weighted by atomic mass is 16.5. The number of ether oxygens (including phenoxy) is 2. The molecule has 4 bridgehead atoms. The van der Waals surface area contributed by atoms with E-state index in [1.807, 2.05) is 0 Å². The summed E-state index contributed by atoms with van der Waals surface area (Å²) in [5, 5.41) is 0. The van der Waals surface area contributed by atoms with Gasteiger partial charge in [0, 0.05) is 7.11 Å². The molecule has 2 nitrogen and oxygen atoms in total. The first-order chi connectivity index (χ1) is 7.63.